The lowest BCUT2D eigenvalue weighted by atomic mass is 10.00. The van der Waals surface area contributed by atoms with Crippen molar-refractivity contribution in [2.45, 2.75) is 56.4 Å². The summed E-state index contributed by atoms with van der Waals surface area (Å²) in [4.78, 5) is 25.0. The minimum Gasteiger partial charge on any atom is -0.465 e. The molecular formula is C14H20F2N2O5S. The van der Waals surface area contributed by atoms with E-state index in [0.29, 0.717) is 18.9 Å². The van der Waals surface area contributed by atoms with E-state index in [-0.39, 0.29) is 6.42 Å². The van der Waals surface area contributed by atoms with Gasteiger partial charge < -0.3 is 5.11 Å². The molecule has 0 unspecified atom stereocenters. The van der Waals surface area contributed by atoms with Gasteiger partial charge in [-0.3, -0.25) is 14.4 Å². The highest BCUT2D eigenvalue weighted by atomic mass is 32.2. The van der Waals surface area contributed by atoms with E-state index in [1.165, 1.54) is 20.8 Å². The summed E-state index contributed by atoms with van der Waals surface area (Å²) in [5.41, 5.74) is -2.93. The fourth-order valence-corrected chi connectivity index (χ4v) is 4.34. The third-order valence-electron chi connectivity index (χ3n) is 4.16. The zero-order chi connectivity index (χ0) is 18.5. The number of rotatable bonds is 5. The first-order valence-corrected chi connectivity index (χ1v) is 8.99. The summed E-state index contributed by atoms with van der Waals surface area (Å²) >= 11 is 0. The number of sulfonamides is 1. The molecule has 0 bridgehead atoms. The number of amides is 2. The average molecular weight is 366 g/mol. The van der Waals surface area contributed by atoms with Gasteiger partial charge in [-0.25, -0.2) is 13.2 Å². The smallest absolute Gasteiger partial charge is 0.408 e. The molecular weight excluding hydrogens is 346 g/mol. The monoisotopic (exact) mass is 366 g/mol. The van der Waals surface area contributed by atoms with Gasteiger partial charge in [-0.2, -0.15) is 8.78 Å². The standard InChI is InChI=1S/C14H20F2N2O5S/c1-13(2,3)18(12(20)21)14(7-8(14)6-10(15)16)11(19)17-24(22,23)9-4-5-9/h6,8-9H,4-5,7H2,1-3H3,(H,17,19)(H,20,21)/t8-,14-/m1/s1. The Morgan fingerprint density at radius 1 is 1.29 bits per heavy atom. The predicted molar refractivity (Wildman–Crippen MR) is 80.8 cm³/mol. The maximum atomic E-state index is 12.6. The lowest BCUT2D eigenvalue weighted by molar-refractivity contribution is -0.128. The fourth-order valence-electron chi connectivity index (χ4n) is 2.98. The second-order valence-corrected chi connectivity index (χ2v) is 9.12. The van der Waals surface area contributed by atoms with E-state index in [9.17, 15) is 31.9 Å². The first kappa shape index (κ1) is 18.6. The van der Waals surface area contributed by atoms with E-state index >= 15 is 0 Å². The molecule has 24 heavy (non-hydrogen) atoms. The molecule has 0 spiro atoms. The van der Waals surface area contributed by atoms with Crippen molar-refractivity contribution in [1.29, 1.82) is 0 Å². The van der Waals surface area contributed by atoms with Gasteiger partial charge >= 0.3 is 6.09 Å². The van der Waals surface area contributed by atoms with Crippen molar-refractivity contribution in [3.8, 4) is 0 Å². The van der Waals surface area contributed by atoms with Crippen LogP contribution in [0.4, 0.5) is 13.6 Å². The van der Waals surface area contributed by atoms with Crippen molar-refractivity contribution in [2.75, 3.05) is 0 Å². The van der Waals surface area contributed by atoms with Gasteiger partial charge in [-0.05, 0) is 46.1 Å². The minimum absolute atomic E-state index is 0.195. The quantitative estimate of drug-likeness (QED) is 0.774. The maximum Gasteiger partial charge on any atom is 0.408 e. The van der Waals surface area contributed by atoms with Crippen LogP contribution in [0.5, 0.6) is 0 Å². The van der Waals surface area contributed by atoms with Gasteiger partial charge in [0.2, 0.25) is 10.0 Å². The zero-order valence-electron chi connectivity index (χ0n) is 13.5. The third kappa shape index (κ3) is 3.38. The van der Waals surface area contributed by atoms with E-state index in [2.05, 4.69) is 0 Å². The van der Waals surface area contributed by atoms with E-state index in [4.69, 9.17) is 0 Å². The Labute approximate surface area is 138 Å². The zero-order valence-corrected chi connectivity index (χ0v) is 14.4. The van der Waals surface area contributed by atoms with Crippen LogP contribution in [-0.2, 0) is 14.8 Å². The molecule has 2 atom stereocenters. The summed E-state index contributed by atoms with van der Waals surface area (Å²) in [6, 6.07) is 0. The Morgan fingerprint density at radius 2 is 1.83 bits per heavy atom. The SMILES string of the molecule is CC(C)(C)N(C(=O)O)[C@]1(C(=O)NS(=O)(=O)C2CC2)C[C@H]1C=C(F)F. The Bertz CT molecular complexity index is 692. The van der Waals surface area contributed by atoms with Gasteiger partial charge in [0, 0.05) is 11.5 Å². The van der Waals surface area contributed by atoms with Crippen LogP contribution in [0, 0.1) is 5.92 Å². The first-order chi connectivity index (χ1) is 10.8. The number of carboxylic acid groups (broad SMARTS) is 1. The molecule has 2 aliphatic rings. The topological polar surface area (TPSA) is 104 Å². The Morgan fingerprint density at radius 3 is 2.21 bits per heavy atom. The number of nitrogens with one attached hydrogen (secondary N) is 1. The molecule has 2 aliphatic carbocycles. The van der Waals surface area contributed by atoms with Crippen LogP contribution in [0.2, 0.25) is 0 Å². The van der Waals surface area contributed by atoms with Crippen molar-refractivity contribution in [1.82, 2.24) is 9.62 Å². The molecule has 2 N–H and O–H groups in total. The average Bonchev–Trinajstić information content (AvgIpc) is 3.20. The van der Waals surface area contributed by atoms with Crippen molar-refractivity contribution >= 4 is 22.0 Å². The second-order valence-electron chi connectivity index (χ2n) is 7.16. The largest absolute Gasteiger partial charge is 0.465 e. The normalized spacial score (nSPS) is 26.5. The van der Waals surface area contributed by atoms with Crippen LogP contribution in [0.15, 0.2) is 12.2 Å². The molecule has 0 heterocycles. The molecule has 2 fully saturated rings. The molecule has 0 aromatic heterocycles. The van der Waals surface area contributed by atoms with Crippen LogP contribution in [0.1, 0.15) is 40.0 Å². The second kappa shape index (κ2) is 5.68. The van der Waals surface area contributed by atoms with Gasteiger partial charge in [0.25, 0.3) is 12.0 Å². The molecule has 7 nitrogen and oxygen atoms in total. The number of hydrogen-bond acceptors (Lipinski definition) is 4. The summed E-state index contributed by atoms with van der Waals surface area (Å²) in [7, 11) is -3.91. The fraction of sp³-hybridized carbons (Fsp3) is 0.714. The third-order valence-corrected chi connectivity index (χ3v) is 5.98. The van der Waals surface area contributed by atoms with Crippen molar-refractivity contribution in [2.24, 2.45) is 5.92 Å². The van der Waals surface area contributed by atoms with Gasteiger partial charge in [-0.15, -0.1) is 0 Å². The highest BCUT2D eigenvalue weighted by Gasteiger charge is 2.67. The molecule has 0 aromatic carbocycles. The van der Waals surface area contributed by atoms with Crippen molar-refractivity contribution < 1.29 is 31.9 Å². The van der Waals surface area contributed by atoms with Crippen LogP contribution < -0.4 is 4.72 Å². The molecule has 136 valence electrons. The molecule has 0 aliphatic heterocycles. The first-order valence-electron chi connectivity index (χ1n) is 7.44. The number of nitrogens with zero attached hydrogens (tertiary/aromatic N) is 1. The van der Waals surface area contributed by atoms with Crippen LogP contribution >= 0.6 is 0 Å². The van der Waals surface area contributed by atoms with Gasteiger partial charge in [0.1, 0.15) is 5.54 Å². The van der Waals surface area contributed by atoms with Crippen LogP contribution in [0.25, 0.3) is 0 Å². The number of carbonyl (C=O) groups excluding carboxylic acids is 1. The highest BCUT2D eigenvalue weighted by Crippen LogP contribution is 2.53. The molecule has 0 radical (unpaired) electrons. The van der Waals surface area contributed by atoms with E-state index in [0.717, 1.165) is 4.90 Å². The number of carbonyl (C=O) groups is 2. The van der Waals surface area contributed by atoms with E-state index in [1.54, 1.807) is 0 Å². The van der Waals surface area contributed by atoms with Crippen molar-refractivity contribution in [3.63, 3.8) is 0 Å². The van der Waals surface area contributed by atoms with E-state index in [1.807, 2.05) is 4.72 Å². The van der Waals surface area contributed by atoms with Crippen LogP contribution in [0.3, 0.4) is 0 Å². The summed E-state index contributed by atoms with van der Waals surface area (Å²) in [5.74, 6) is -2.15. The van der Waals surface area contributed by atoms with E-state index < -0.39 is 50.4 Å². The predicted octanol–water partition coefficient (Wildman–Crippen LogP) is 1.91. The number of halogens is 2. The highest BCUT2D eigenvalue weighted by molar-refractivity contribution is 7.90. The molecule has 10 heteroatoms. The Kier molecular flexibility index (Phi) is 4.41. The van der Waals surface area contributed by atoms with Gasteiger partial charge in [0.15, 0.2) is 0 Å². The Balaban J connectivity index is 2.40. The lowest BCUT2D eigenvalue weighted by Gasteiger charge is -2.39. The minimum atomic E-state index is -3.91. The lowest BCUT2D eigenvalue weighted by Crippen LogP contribution is -2.60. The molecule has 2 amide bonds. The Hall–Kier alpha value is -1.71. The molecule has 2 saturated carbocycles. The van der Waals surface area contributed by atoms with Crippen molar-refractivity contribution in [3.05, 3.63) is 12.2 Å². The summed E-state index contributed by atoms with van der Waals surface area (Å²) in [6.07, 6.45) is -2.37. The van der Waals surface area contributed by atoms with Crippen LogP contribution in [-0.4, -0.2) is 46.8 Å². The molecule has 0 aromatic rings. The molecule has 0 saturated heterocycles. The maximum absolute atomic E-state index is 12.6. The van der Waals surface area contributed by atoms with Gasteiger partial charge in [0.05, 0.1) is 5.25 Å². The summed E-state index contributed by atoms with van der Waals surface area (Å²) < 4.78 is 51.1. The summed E-state index contributed by atoms with van der Waals surface area (Å²) in [5, 5.41) is 8.81. The van der Waals surface area contributed by atoms with Gasteiger partial charge in [-0.1, -0.05) is 0 Å². The summed E-state index contributed by atoms with van der Waals surface area (Å²) in [6.45, 7) is 4.53. The number of hydrogen-bond donors (Lipinski definition) is 2. The molecule has 2 rings (SSSR count).